The largest absolute Gasteiger partial charge is 0.418 e. The highest BCUT2D eigenvalue weighted by atomic mass is 19.4. The first-order chi connectivity index (χ1) is 13.4. The van der Waals surface area contributed by atoms with E-state index in [2.05, 4.69) is 15.3 Å². The molecule has 0 spiro atoms. The topological polar surface area (TPSA) is 58.1 Å². The van der Waals surface area contributed by atoms with Gasteiger partial charge in [-0.3, -0.25) is 4.79 Å². The maximum atomic E-state index is 13.1. The van der Waals surface area contributed by atoms with E-state index < -0.39 is 17.6 Å². The Morgan fingerprint density at radius 2 is 1.71 bits per heavy atom. The number of hydrogen-bond acceptors (Lipinski definition) is 4. The van der Waals surface area contributed by atoms with Crippen molar-refractivity contribution in [3.8, 4) is 0 Å². The van der Waals surface area contributed by atoms with E-state index in [1.807, 2.05) is 37.3 Å². The summed E-state index contributed by atoms with van der Waals surface area (Å²) in [6, 6.07) is 15.5. The normalized spacial score (nSPS) is 11.1. The molecule has 0 bridgehead atoms. The van der Waals surface area contributed by atoms with E-state index in [9.17, 15) is 18.0 Å². The van der Waals surface area contributed by atoms with Gasteiger partial charge >= 0.3 is 6.18 Å². The molecule has 8 heteroatoms. The van der Waals surface area contributed by atoms with Crippen molar-refractivity contribution in [2.45, 2.75) is 13.1 Å². The van der Waals surface area contributed by atoms with Crippen LogP contribution in [0.2, 0.25) is 0 Å². The van der Waals surface area contributed by atoms with Crippen molar-refractivity contribution < 1.29 is 18.0 Å². The lowest BCUT2D eigenvalue weighted by molar-refractivity contribution is -0.136. The number of carbonyl (C=O) groups is 1. The first-order valence-corrected chi connectivity index (χ1v) is 8.53. The summed E-state index contributed by atoms with van der Waals surface area (Å²) < 4.78 is 39.4. The molecular formula is C20H17F3N4O. The van der Waals surface area contributed by atoms with Crippen LogP contribution in [-0.4, -0.2) is 22.4 Å². The van der Waals surface area contributed by atoms with Gasteiger partial charge in [0, 0.05) is 18.4 Å². The number of para-hydroxylation sites is 2. The molecule has 0 radical (unpaired) electrons. The van der Waals surface area contributed by atoms with Crippen LogP contribution >= 0.6 is 0 Å². The van der Waals surface area contributed by atoms with Gasteiger partial charge in [-0.05, 0) is 37.3 Å². The predicted octanol–water partition coefficient (Wildman–Crippen LogP) is 4.91. The number of alkyl halides is 3. The molecule has 1 heterocycles. The summed E-state index contributed by atoms with van der Waals surface area (Å²) in [5.74, 6) is -0.463. The summed E-state index contributed by atoms with van der Waals surface area (Å²) in [7, 11) is 0. The third-order valence-corrected chi connectivity index (χ3v) is 3.98. The number of carbonyl (C=O) groups excluding carboxylic acids is 1. The van der Waals surface area contributed by atoms with Crippen LogP contribution in [0.5, 0.6) is 0 Å². The molecule has 2 aromatic carbocycles. The van der Waals surface area contributed by atoms with E-state index in [1.54, 1.807) is 4.90 Å². The Morgan fingerprint density at radius 1 is 1.04 bits per heavy atom. The summed E-state index contributed by atoms with van der Waals surface area (Å²) in [6.45, 7) is 2.45. The van der Waals surface area contributed by atoms with Gasteiger partial charge in [0.15, 0.2) is 0 Å². The lowest BCUT2D eigenvalue weighted by atomic mass is 10.1. The number of anilines is 3. The summed E-state index contributed by atoms with van der Waals surface area (Å²) in [4.78, 5) is 22.7. The average molecular weight is 386 g/mol. The number of aromatic nitrogens is 2. The summed E-state index contributed by atoms with van der Waals surface area (Å²) >= 11 is 0. The second-order valence-electron chi connectivity index (χ2n) is 5.82. The van der Waals surface area contributed by atoms with Gasteiger partial charge in [-0.1, -0.05) is 30.3 Å². The monoisotopic (exact) mass is 386 g/mol. The van der Waals surface area contributed by atoms with Gasteiger partial charge in [-0.25, -0.2) is 9.97 Å². The molecule has 1 amide bonds. The minimum absolute atomic E-state index is 0.0311. The fraction of sp³-hybridized carbons (Fsp3) is 0.150. The smallest absolute Gasteiger partial charge is 0.320 e. The zero-order valence-corrected chi connectivity index (χ0v) is 14.9. The molecule has 0 aliphatic heterocycles. The highest BCUT2D eigenvalue weighted by molar-refractivity contribution is 6.03. The Balaban J connectivity index is 1.88. The SMILES string of the molecule is CCN(c1ccccc1)c1nccc(C(=O)Nc2ccccc2C(F)(F)F)n1. The molecular weight excluding hydrogens is 369 g/mol. The first-order valence-electron chi connectivity index (χ1n) is 8.53. The van der Waals surface area contributed by atoms with Crippen molar-refractivity contribution in [2.24, 2.45) is 0 Å². The van der Waals surface area contributed by atoms with Gasteiger partial charge in [0.2, 0.25) is 5.95 Å². The fourth-order valence-corrected chi connectivity index (χ4v) is 2.68. The van der Waals surface area contributed by atoms with Crippen molar-refractivity contribution in [3.05, 3.63) is 78.1 Å². The van der Waals surface area contributed by atoms with Gasteiger partial charge in [-0.15, -0.1) is 0 Å². The molecule has 0 unspecified atom stereocenters. The van der Waals surface area contributed by atoms with E-state index in [4.69, 9.17) is 0 Å². The highest BCUT2D eigenvalue weighted by Crippen LogP contribution is 2.34. The summed E-state index contributed by atoms with van der Waals surface area (Å²) in [5.41, 5.74) is -0.436. The van der Waals surface area contributed by atoms with Crippen molar-refractivity contribution in [1.29, 1.82) is 0 Å². The number of nitrogens with zero attached hydrogens (tertiary/aromatic N) is 3. The van der Waals surface area contributed by atoms with Crippen molar-refractivity contribution in [2.75, 3.05) is 16.8 Å². The number of benzene rings is 2. The summed E-state index contributed by atoms with van der Waals surface area (Å²) in [5, 5.41) is 2.29. The predicted molar refractivity (Wildman–Crippen MR) is 101 cm³/mol. The lowest BCUT2D eigenvalue weighted by Gasteiger charge is -2.21. The zero-order valence-electron chi connectivity index (χ0n) is 14.9. The Bertz CT molecular complexity index is 961. The Labute approximate surface area is 159 Å². The van der Waals surface area contributed by atoms with Crippen LogP contribution in [0.25, 0.3) is 0 Å². The van der Waals surface area contributed by atoms with E-state index in [0.29, 0.717) is 6.54 Å². The molecule has 3 rings (SSSR count). The molecule has 1 N–H and O–H groups in total. The molecule has 0 fully saturated rings. The maximum absolute atomic E-state index is 13.1. The molecule has 0 aliphatic rings. The number of halogens is 3. The van der Waals surface area contributed by atoms with E-state index in [1.165, 1.54) is 30.5 Å². The van der Waals surface area contributed by atoms with Crippen LogP contribution in [-0.2, 0) is 6.18 Å². The van der Waals surface area contributed by atoms with Crippen LogP contribution in [0.15, 0.2) is 66.9 Å². The summed E-state index contributed by atoms with van der Waals surface area (Å²) in [6.07, 6.45) is -3.18. The number of rotatable bonds is 5. The Kier molecular flexibility index (Phi) is 5.58. The number of nitrogens with one attached hydrogen (secondary N) is 1. The van der Waals surface area contributed by atoms with Crippen LogP contribution in [0.4, 0.5) is 30.5 Å². The standard InChI is InChI=1S/C20H17F3N4O/c1-2-27(14-8-4-3-5-9-14)19-24-13-12-17(26-19)18(28)25-16-11-7-6-10-15(16)20(21,22)23/h3-13H,2H2,1H3,(H,25,28). The molecule has 0 saturated carbocycles. The van der Waals surface area contributed by atoms with E-state index >= 15 is 0 Å². The van der Waals surface area contributed by atoms with Gasteiger partial charge in [-0.2, -0.15) is 13.2 Å². The van der Waals surface area contributed by atoms with Gasteiger partial charge in [0.25, 0.3) is 5.91 Å². The molecule has 0 saturated heterocycles. The molecule has 5 nitrogen and oxygen atoms in total. The minimum Gasteiger partial charge on any atom is -0.320 e. The fourth-order valence-electron chi connectivity index (χ4n) is 2.68. The number of amides is 1. The van der Waals surface area contributed by atoms with Gasteiger partial charge < -0.3 is 10.2 Å². The zero-order chi connectivity index (χ0) is 20.1. The average Bonchev–Trinajstić information content (AvgIpc) is 2.69. The second kappa shape index (κ2) is 8.08. The molecule has 3 aromatic rings. The van der Waals surface area contributed by atoms with Gasteiger partial charge in [0.05, 0.1) is 11.3 Å². The van der Waals surface area contributed by atoms with Crippen LogP contribution in [0.3, 0.4) is 0 Å². The molecule has 1 aromatic heterocycles. The van der Waals surface area contributed by atoms with Crippen LogP contribution in [0.1, 0.15) is 23.0 Å². The van der Waals surface area contributed by atoms with E-state index in [-0.39, 0.29) is 17.3 Å². The second-order valence-corrected chi connectivity index (χ2v) is 5.82. The Morgan fingerprint density at radius 3 is 2.39 bits per heavy atom. The first kappa shape index (κ1) is 19.3. The minimum atomic E-state index is -4.58. The van der Waals surface area contributed by atoms with Crippen molar-refractivity contribution in [1.82, 2.24) is 9.97 Å². The van der Waals surface area contributed by atoms with Crippen LogP contribution < -0.4 is 10.2 Å². The third kappa shape index (κ3) is 4.28. The maximum Gasteiger partial charge on any atom is 0.418 e. The van der Waals surface area contributed by atoms with Crippen molar-refractivity contribution >= 4 is 23.2 Å². The quantitative estimate of drug-likeness (QED) is 0.677. The molecule has 28 heavy (non-hydrogen) atoms. The Hall–Kier alpha value is -3.42. The molecule has 0 aliphatic carbocycles. The lowest BCUT2D eigenvalue weighted by Crippen LogP contribution is -2.22. The van der Waals surface area contributed by atoms with Crippen LogP contribution in [0, 0.1) is 0 Å². The number of hydrogen-bond donors (Lipinski definition) is 1. The van der Waals surface area contributed by atoms with E-state index in [0.717, 1.165) is 11.8 Å². The third-order valence-electron chi connectivity index (χ3n) is 3.98. The van der Waals surface area contributed by atoms with Gasteiger partial charge in [0.1, 0.15) is 5.69 Å². The molecule has 0 atom stereocenters. The van der Waals surface area contributed by atoms with Crippen molar-refractivity contribution in [3.63, 3.8) is 0 Å². The molecule has 144 valence electrons. The highest BCUT2D eigenvalue weighted by Gasteiger charge is 2.33.